The molecule has 0 aliphatic rings. The molecule has 1 N–H and O–H groups in total. The van der Waals surface area contributed by atoms with Gasteiger partial charge in [0.25, 0.3) is 0 Å². The number of pyridine rings is 1. The third-order valence-corrected chi connectivity index (χ3v) is 3.17. The summed E-state index contributed by atoms with van der Waals surface area (Å²) in [6, 6.07) is 9.90. The van der Waals surface area contributed by atoms with Gasteiger partial charge in [0.2, 0.25) is 0 Å². The maximum Gasteiger partial charge on any atom is 0.134 e. The molecule has 5 heteroatoms. The highest BCUT2D eigenvalue weighted by molar-refractivity contribution is 5.92. The van der Waals surface area contributed by atoms with Gasteiger partial charge in [0, 0.05) is 30.5 Å². The Labute approximate surface area is 117 Å². The molecule has 0 radical (unpaired) electrons. The summed E-state index contributed by atoms with van der Waals surface area (Å²) in [5, 5.41) is 9.73. The minimum absolute atomic E-state index is 0.769. The molecular formula is C15H16N4O. The van der Waals surface area contributed by atoms with E-state index in [2.05, 4.69) is 15.4 Å². The van der Waals surface area contributed by atoms with E-state index in [1.807, 2.05) is 47.4 Å². The van der Waals surface area contributed by atoms with E-state index in [1.165, 1.54) is 0 Å². The van der Waals surface area contributed by atoms with Crippen LogP contribution in [0.15, 0.2) is 48.9 Å². The number of anilines is 1. The van der Waals surface area contributed by atoms with Gasteiger partial charge in [-0.25, -0.2) is 4.98 Å². The van der Waals surface area contributed by atoms with E-state index < -0.39 is 0 Å². The van der Waals surface area contributed by atoms with Crippen molar-refractivity contribution >= 4 is 16.6 Å². The van der Waals surface area contributed by atoms with Crippen molar-refractivity contribution in [2.75, 3.05) is 19.0 Å². The van der Waals surface area contributed by atoms with Gasteiger partial charge in [0.1, 0.15) is 11.6 Å². The van der Waals surface area contributed by atoms with E-state index in [9.17, 15) is 0 Å². The molecule has 3 rings (SSSR count). The lowest BCUT2D eigenvalue weighted by Gasteiger charge is -2.10. The van der Waals surface area contributed by atoms with Crippen LogP contribution >= 0.6 is 0 Å². The molecule has 20 heavy (non-hydrogen) atoms. The smallest absolute Gasteiger partial charge is 0.134 e. The first-order chi connectivity index (χ1) is 9.86. The molecule has 0 amide bonds. The quantitative estimate of drug-likeness (QED) is 0.772. The lowest BCUT2D eigenvalue weighted by molar-refractivity contribution is 0.415. The summed E-state index contributed by atoms with van der Waals surface area (Å²) in [6.45, 7) is 1.57. The Hall–Kier alpha value is -2.56. The van der Waals surface area contributed by atoms with Gasteiger partial charge in [-0.15, -0.1) is 0 Å². The average molecular weight is 268 g/mol. The fourth-order valence-corrected chi connectivity index (χ4v) is 2.14. The molecule has 0 bridgehead atoms. The maximum absolute atomic E-state index is 5.27. The maximum atomic E-state index is 5.27. The van der Waals surface area contributed by atoms with Crippen LogP contribution < -0.4 is 10.1 Å². The van der Waals surface area contributed by atoms with Gasteiger partial charge < -0.3 is 10.1 Å². The molecule has 0 aliphatic heterocycles. The molecule has 2 aromatic heterocycles. The van der Waals surface area contributed by atoms with Crippen LogP contribution in [0, 0.1) is 0 Å². The molecule has 0 saturated heterocycles. The molecule has 0 unspecified atom stereocenters. The molecular weight excluding hydrogens is 252 g/mol. The van der Waals surface area contributed by atoms with Gasteiger partial charge in [-0.05, 0) is 29.7 Å². The molecule has 1 aromatic carbocycles. The van der Waals surface area contributed by atoms with Gasteiger partial charge in [-0.1, -0.05) is 6.07 Å². The van der Waals surface area contributed by atoms with E-state index in [0.717, 1.165) is 35.4 Å². The Kier molecular flexibility index (Phi) is 3.50. The van der Waals surface area contributed by atoms with E-state index in [0.29, 0.717) is 0 Å². The highest BCUT2D eigenvalue weighted by Gasteiger charge is 2.03. The Bertz CT molecular complexity index is 694. The second-order valence-electron chi connectivity index (χ2n) is 4.44. The van der Waals surface area contributed by atoms with Crippen molar-refractivity contribution in [3.05, 3.63) is 48.9 Å². The summed E-state index contributed by atoms with van der Waals surface area (Å²) in [4.78, 5) is 4.40. The Morgan fingerprint density at radius 3 is 3.00 bits per heavy atom. The van der Waals surface area contributed by atoms with E-state index in [-0.39, 0.29) is 0 Å². The predicted octanol–water partition coefficient (Wildman–Crippen LogP) is 2.55. The van der Waals surface area contributed by atoms with Crippen molar-refractivity contribution in [2.24, 2.45) is 0 Å². The third-order valence-electron chi connectivity index (χ3n) is 3.17. The van der Waals surface area contributed by atoms with Crippen molar-refractivity contribution in [1.82, 2.24) is 14.8 Å². The predicted molar refractivity (Wildman–Crippen MR) is 79.0 cm³/mol. The average Bonchev–Trinajstić information content (AvgIpc) is 3.00. The summed E-state index contributed by atoms with van der Waals surface area (Å²) in [5.41, 5.74) is 0. The van der Waals surface area contributed by atoms with Crippen molar-refractivity contribution in [3.8, 4) is 5.75 Å². The standard InChI is InChI=1S/C15H16N4O/c1-20-13-4-3-12-5-7-16-15(14(12)11-13)17-8-10-19-9-2-6-18-19/h2-7,9,11H,8,10H2,1H3,(H,16,17). The van der Waals surface area contributed by atoms with Crippen LogP contribution in [0.1, 0.15) is 0 Å². The van der Waals surface area contributed by atoms with Crippen LogP contribution in [0.3, 0.4) is 0 Å². The second kappa shape index (κ2) is 5.61. The number of hydrogen-bond donors (Lipinski definition) is 1. The molecule has 0 aliphatic carbocycles. The number of aromatic nitrogens is 3. The Balaban J connectivity index is 1.79. The molecule has 0 fully saturated rings. The van der Waals surface area contributed by atoms with Crippen LogP contribution in [-0.2, 0) is 6.54 Å². The number of nitrogens with one attached hydrogen (secondary N) is 1. The highest BCUT2D eigenvalue weighted by Crippen LogP contribution is 2.25. The first-order valence-electron chi connectivity index (χ1n) is 6.51. The first kappa shape index (κ1) is 12.5. The second-order valence-corrected chi connectivity index (χ2v) is 4.44. The number of fused-ring (bicyclic) bond motifs is 1. The minimum Gasteiger partial charge on any atom is -0.497 e. The van der Waals surface area contributed by atoms with Crippen LogP contribution in [0.4, 0.5) is 5.82 Å². The summed E-state index contributed by atoms with van der Waals surface area (Å²) in [6.07, 6.45) is 5.54. The van der Waals surface area contributed by atoms with E-state index in [1.54, 1.807) is 13.3 Å². The summed E-state index contributed by atoms with van der Waals surface area (Å²) >= 11 is 0. The Morgan fingerprint density at radius 1 is 1.25 bits per heavy atom. The SMILES string of the molecule is COc1ccc2ccnc(NCCn3cccn3)c2c1. The molecule has 0 spiro atoms. The summed E-state index contributed by atoms with van der Waals surface area (Å²) in [5.74, 6) is 1.70. The van der Waals surface area contributed by atoms with Crippen LogP contribution in [0.25, 0.3) is 10.8 Å². The van der Waals surface area contributed by atoms with Gasteiger partial charge in [0.15, 0.2) is 0 Å². The highest BCUT2D eigenvalue weighted by atomic mass is 16.5. The zero-order valence-electron chi connectivity index (χ0n) is 11.3. The molecule has 5 nitrogen and oxygen atoms in total. The van der Waals surface area contributed by atoms with Crippen molar-refractivity contribution in [3.63, 3.8) is 0 Å². The van der Waals surface area contributed by atoms with Crippen LogP contribution in [0.5, 0.6) is 5.75 Å². The number of benzene rings is 1. The van der Waals surface area contributed by atoms with Gasteiger partial charge in [-0.2, -0.15) is 5.10 Å². The molecule has 102 valence electrons. The largest absolute Gasteiger partial charge is 0.497 e. The minimum atomic E-state index is 0.769. The zero-order valence-corrected chi connectivity index (χ0v) is 11.3. The monoisotopic (exact) mass is 268 g/mol. The number of rotatable bonds is 5. The number of hydrogen-bond acceptors (Lipinski definition) is 4. The number of nitrogens with zero attached hydrogens (tertiary/aromatic N) is 3. The number of ether oxygens (including phenoxy) is 1. The summed E-state index contributed by atoms with van der Waals surface area (Å²) < 4.78 is 7.16. The fraction of sp³-hybridized carbons (Fsp3) is 0.200. The van der Waals surface area contributed by atoms with E-state index >= 15 is 0 Å². The first-order valence-corrected chi connectivity index (χ1v) is 6.51. The van der Waals surface area contributed by atoms with Crippen LogP contribution in [-0.4, -0.2) is 28.4 Å². The van der Waals surface area contributed by atoms with Crippen molar-refractivity contribution in [2.45, 2.75) is 6.54 Å². The topological polar surface area (TPSA) is 52.0 Å². The normalized spacial score (nSPS) is 10.7. The third kappa shape index (κ3) is 2.56. The van der Waals surface area contributed by atoms with Crippen molar-refractivity contribution in [1.29, 1.82) is 0 Å². The fourth-order valence-electron chi connectivity index (χ4n) is 2.14. The zero-order chi connectivity index (χ0) is 13.8. The van der Waals surface area contributed by atoms with Gasteiger partial charge in [-0.3, -0.25) is 4.68 Å². The van der Waals surface area contributed by atoms with Crippen molar-refractivity contribution < 1.29 is 4.74 Å². The Morgan fingerprint density at radius 2 is 2.20 bits per heavy atom. The van der Waals surface area contributed by atoms with E-state index in [4.69, 9.17) is 4.74 Å². The molecule has 2 heterocycles. The summed E-state index contributed by atoms with van der Waals surface area (Å²) in [7, 11) is 1.67. The molecule has 3 aromatic rings. The lowest BCUT2D eigenvalue weighted by atomic mass is 10.1. The van der Waals surface area contributed by atoms with Gasteiger partial charge in [0.05, 0.1) is 13.7 Å². The van der Waals surface area contributed by atoms with Crippen LogP contribution in [0.2, 0.25) is 0 Å². The molecule has 0 atom stereocenters. The molecule has 0 saturated carbocycles. The number of methoxy groups -OCH3 is 1. The van der Waals surface area contributed by atoms with Gasteiger partial charge >= 0.3 is 0 Å². The lowest BCUT2D eigenvalue weighted by Crippen LogP contribution is -2.11.